The molecule has 9 N–H and O–H groups in total. The largest absolute Gasteiger partial charge is 0.447 e. The monoisotopic (exact) mass is 390 g/mol. The summed E-state index contributed by atoms with van der Waals surface area (Å²) in [6, 6.07) is 5.30. The molecule has 2 heterocycles. The summed E-state index contributed by atoms with van der Waals surface area (Å²) in [4.78, 5) is 17.6. The van der Waals surface area contributed by atoms with Crippen LogP contribution in [0.2, 0.25) is 0 Å². The van der Waals surface area contributed by atoms with Gasteiger partial charge in [0.05, 0.1) is 11.3 Å². The lowest BCUT2D eigenvalue weighted by molar-refractivity contribution is 0.496. The predicted octanol–water partition coefficient (Wildman–Crippen LogP) is 0.405. The van der Waals surface area contributed by atoms with Gasteiger partial charge in [-0.1, -0.05) is 0 Å². The molecule has 0 aromatic carbocycles. The Balaban J connectivity index is 1.99. The Hall–Kier alpha value is -3.54. The number of furan rings is 1. The molecule has 0 aliphatic carbocycles. The third-order valence-corrected chi connectivity index (χ3v) is 4.00. The fourth-order valence-corrected chi connectivity index (χ4v) is 2.71. The summed E-state index contributed by atoms with van der Waals surface area (Å²) < 4.78 is 5.08. The van der Waals surface area contributed by atoms with E-state index in [1.165, 1.54) is 17.6 Å². The first-order valence-electron chi connectivity index (χ1n) is 7.71. The highest BCUT2D eigenvalue weighted by Crippen LogP contribution is 2.21. The Kier molecular flexibility index (Phi) is 6.77. The zero-order chi connectivity index (χ0) is 19.8. The molecule has 0 spiro atoms. The predicted molar refractivity (Wildman–Crippen MR) is 110 cm³/mol. The van der Waals surface area contributed by atoms with Crippen molar-refractivity contribution in [1.82, 2.24) is 4.90 Å². The van der Waals surface area contributed by atoms with Crippen molar-refractivity contribution in [2.45, 2.75) is 6.54 Å². The van der Waals surface area contributed by atoms with E-state index in [-0.39, 0.29) is 17.9 Å². The first-order chi connectivity index (χ1) is 12.9. The number of anilines is 1. The van der Waals surface area contributed by atoms with Gasteiger partial charge in [-0.25, -0.2) is 0 Å². The topological polar surface area (TPSA) is 182 Å². The lowest BCUT2D eigenvalue weighted by Crippen LogP contribution is -2.35. The summed E-state index contributed by atoms with van der Waals surface area (Å²) in [5.74, 6) is 0.828. The molecular weight excluding hydrogens is 368 g/mol. The molecule has 0 saturated carbocycles. The minimum Gasteiger partial charge on any atom is -0.447 e. The highest BCUT2D eigenvalue weighted by atomic mass is 32.1. The number of guanidine groups is 4. The van der Waals surface area contributed by atoms with E-state index in [9.17, 15) is 0 Å². The molecule has 11 nitrogen and oxygen atoms in total. The van der Waals surface area contributed by atoms with E-state index >= 15 is 0 Å². The van der Waals surface area contributed by atoms with E-state index in [1.807, 2.05) is 11.4 Å². The molecule has 0 aliphatic rings. The van der Waals surface area contributed by atoms with Gasteiger partial charge in [-0.2, -0.15) is 15.0 Å². The van der Waals surface area contributed by atoms with Crippen LogP contribution in [0.4, 0.5) is 10.9 Å². The maximum Gasteiger partial charge on any atom is 0.226 e. The van der Waals surface area contributed by atoms with Crippen LogP contribution < -0.4 is 28.3 Å². The van der Waals surface area contributed by atoms with Gasteiger partial charge in [0, 0.05) is 26.7 Å². The van der Waals surface area contributed by atoms with Crippen molar-refractivity contribution >= 4 is 46.1 Å². The molecular formula is C15H22N10OS. The van der Waals surface area contributed by atoms with Crippen molar-refractivity contribution in [1.29, 1.82) is 0 Å². The Morgan fingerprint density at radius 3 is 2.67 bits per heavy atom. The van der Waals surface area contributed by atoms with Gasteiger partial charge in [-0.3, -0.25) is 4.99 Å². The lowest BCUT2D eigenvalue weighted by Gasteiger charge is -2.16. The summed E-state index contributed by atoms with van der Waals surface area (Å²) >= 11 is 1.48. The highest BCUT2D eigenvalue weighted by molar-refractivity contribution is 7.14. The quantitative estimate of drug-likeness (QED) is 0.370. The fraction of sp³-hybridized carbons (Fsp3) is 0.200. The van der Waals surface area contributed by atoms with Gasteiger partial charge in [0.25, 0.3) is 0 Å². The molecule has 2 aromatic heterocycles. The van der Waals surface area contributed by atoms with Crippen LogP contribution in [0, 0.1) is 0 Å². The van der Waals surface area contributed by atoms with Gasteiger partial charge in [-0.05, 0) is 23.1 Å². The maximum atomic E-state index is 5.97. The standard InChI is InChI=1S/C15H22N10OS/c1-20-15(23-12(16)17)22-11-6-9(8-27-11)7-25(2)14(19)24-13(18)21-10-4-3-5-26-10/h3-6,8H,7H2,1-2H3,(H4,18,19,21,24)(H5,16,17,20,22,23). The van der Waals surface area contributed by atoms with Crippen LogP contribution in [0.1, 0.15) is 5.56 Å². The number of hydrogen-bond acceptors (Lipinski definition) is 4. The summed E-state index contributed by atoms with van der Waals surface area (Å²) in [6.07, 6.45) is 1.50. The molecule has 0 unspecified atom stereocenters. The second-order valence-corrected chi connectivity index (χ2v) is 6.19. The molecule has 0 saturated heterocycles. The van der Waals surface area contributed by atoms with Crippen LogP contribution in [0.15, 0.2) is 54.2 Å². The Labute approximate surface area is 160 Å². The van der Waals surface area contributed by atoms with Crippen LogP contribution in [0.5, 0.6) is 0 Å². The van der Waals surface area contributed by atoms with Gasteiger partial charge in [-0.15, -0.1) is 11.3 Å². The van der Waals surface area contributed by atoms with Gasteiger partial charge in [0.2, 0.25) is 17.8 Å². The van der Waals surface area contributed by atoms with E-state index in [4.69, 9.17) is 27.4 Å². The van der Waals surface area contributed by atoms with E-state index in [2.05, 4.69) is 25.3 Å². The van der Waals surface area contributed by atoms with Gasteiger partial charge < -0.3 is 37.6 Å². The molecule has 0 atom stereocenters. The van der Waals surface area contributed by atoms with Crippen molar-refractivity contribution < 1.29 is 4.42 Å². The summed E-state index contributed by atoms with van der Waals surface area (Å²) in [7, 11) is 3.38. The molecule has 0 bridgehead atoms. The SMILES string of the molecule is CN=C(N=C(N)N)Nc1cc(CN(C)C(N)=NC(N)=Nc2ccco2)cs1. The number of hydrogen-bond donors (Lipinski definition) is 5. The second kappa shape index (κ2) is 9.24. The average Bonchev–Trinajstić information content (AvgIpc) is 3.25. The summed E-state index contributed by atoms with van der Waals surface area (Å²) in [6.45, 7) is 0.516. The normalized spacial score (nSPS) is 12.7. The minimum atomic E-state index is -0.0719. The minimum absolute atomic E-state index is 0.00279. The third-order valence-electron chi connectivity index (χ3n) is 3.11. The van der Waals surface area contributed by atoms with Crippen molar-refractivity contribution in [3.63, 3.8) is 0 Å². The molecule has 12 heteroatoms. The second-order valence-electron chi connectivity index (χ2n) is 5.28. The molecule has 2 aromatic rings. The number of nitrogens with two attached hydrogens (primary N) is 4. The average molecular weight is 390 g/mol. The van der Waals surface area contributed by atoms with E-state index < -0.39 is 0 Å². The van der Waals surface area contributed by atoms with E-state index in [0.717, 1.165) is 10.6 Å². The fourth-order valence-electron chi connectivity index (χ4n) is 1.92. The molecule has 0 amide bonds. The number of aliphatic imine (C=N–C) groups is 4. The Morgan fingerprint density at radius 2 is 2.04 bits per heavy atom. The first kappa shape index (κ1) is 19.8. The number of rotatable bonds is 4. The van der Waals surface area contributed by atoms with Crippen LogP contribution in [0.25, 0.3) is 0 Å². The number of thiophene rings is 1. The van der Waals surface area contributed by atoms with Crippen LogP contribution in [-0.2, 0) is 6.54 Å². The van der Waals surface area contributed by atoms with Crippen molar-refractivity contribution in [3.05, 3.63) is 35.4 Å². The molecule has 144 valence electrons. The summed E-state index contributed by atoms with van der Waals surface area (Å²) in [5, 5.41) is 5.83. The van der Waals surface area contributed by atoms with Gasteiger partial charge >= 0.3 is 0 Å². The highest BCUT2D eigenvalue weighted by Gasteiger charge is 2.08. The Morgan fingerprint density at radius 1 is 1.26 bits per heavy atom. The first-order valence-corrected chi connectivity index (χ1v) is 8.59. The molecule has 27 heavy (non-hydrogen) atoms. The van der Waals surface area contributed by atoms with E-state index in [1.54, 1.807) is 31.1 Å². The Bertz CT molecular complexity index is 861. The molecule has 0 fully saturated rings. The van der Waals surface area contributed by atoms with Crippen molar-refractivity contribution in [2.75, 3.05) is 19.4 Å². The van der Waals surface area contributed by atoms with Crippen molar-refractivity contribution in [2.24, 2.45) is 42.9 Å². The zero-order valence-electron chi connectivity index (χ0n) is 15.0. The molecule has 0 radical (unpaired) electrons. The maximum absolute atomic E-state index is 5.97. The molecule has 2 rings (SSSR count). The van der Waals surface area contributed by atoms with Crippen molar-refractivity contribution in [3.8, 4) is 0 Å². The summed E-state index contributed by atoms with van der Waals surface area (Å²) in [5.41, 5.74) is 23.4. The third kappa shape index (κ3) is 6.36. The van der Waals surface area contributed by atoms with Crippen LogP contribution >= 0.6 is 11.3 Å². The lowest BCUT2D eigenvalue weighted by atomic mass is 10.3. The van der Waals surface area contributed by atoms with Crippen LogP contribution in [0.3, 0.4) is 0 Å². The molecule has 0 aliphatic heterocycles. The smallest absolute Gasteiger partial charge is 0.226 e. The van der Waals surface area contributed by atoms with Gasteiger partial charge in [0.15, 0.2) is 11.9 Å². The van der Waals surface area contributed by atoms with Crippen LogP contribution in [-0.4, -0.2) is 42.8 Å². The van der Waals surface area contributed by atoms with E-state index in [0.29, 0.717) is 18.4 Å². The van der Waals surface area contributed by atoms with Gasteiger partial charge in [0.1, 0.15) is 0 Å². The number of nitrogens with one attached hydrogen (secondary N) is 1. The number of nitrogens with zero attached hydrogens (tertiary/aromatic N) is 5. The zero-order valence-corrected chi connectivity index (χ0v) is 15.8.